The number of hydrogen-bond acceptors (Lipinski definition) is 7. The van der Waals surface area contributed by atoms with E-state index in [2.05, 4.69) is 10.3 Å². The number of nitriles is 1. The average molecular weight is 401 g/mol. The number of thioether (sulfide) groups is 1. The van der Waals surface area contributed by atoms with Crippen molar-refractivity contribution in [1.82, 2.24) is 4.98 Å². The number of carbonyl (C=O) groups is 1. The number of thiophene rings is 1. The number of pyridine rings is 1. The van der Waals surface area contributed by atoms with Crippen molar-refractivity contribution in [2.75, 3.05) is 17.7 Å². The maximum atomic E-state index is 12.3. The van der Waals surface area contributed by atoms with E-state index in [0.29, 0.717) is 27.0 Å². The molecule has 0 spiro atoms. The Hall–Kier alpha value is -2.96. The van der Waals surface area contributed by atoms with Crippen molar-refractivity contribution in [2.24, 2.45) is 0 Å². The normalized spacial score (nSPS) is 10.5. The Labute approximate surface area is 162 Å². The van der Waals surface area contributed by atoms with E-state index in [-0.39, 0.29) is 28.5 Å². The number of rotatable bonds is 6. The van der Waals surface area contributed by atoms with Gasteiger partial charge in [0.15, 0.2) is 0 Å². The summed E-state index contributed by atoms with van der Waals surface area (Å²) in [5, 5.41) is 22.1. The maximum Gasteiger partial charge on any atom is 0.252 e. The van der Waals surface area contributed by atoms with E-state index in [1.54, 1.807) is 18.2 Å². The number of para-hydroxylation sites is 2. The fourth-order valence-electron chi connectivity index (χ4n) is 2.43. The zero-order chi connectivity index (χ0) is 19.4. The predicted octanol–water partition coefficient (Wildman–Crippen LogP) is 3.30. The number of benzene rings is 1. The number of fused-ring (bicyclic) bond motifs is 1. The fraction of sp³-hybridized carbons (Fsp3) is 0.167. The summed E-state index contributed by atoms with van der Waals surface area (Å²) in [6, 6.07) is 10.2. The van der Waals surface area contributed by atoms with Gasteiger partial charge in [-0.3, -0.25) is 9.59 Å². The lowest BCUT2D eigenvalue weighted by molar-refractivity contribution is -0.113. The van der Waals surface area contributed by atoms with Gasteiger partial charge in [0.1, 0.15) is 23.1 Å². The van der Waals surface area contributed by atoms with Gasteiger partial charge in [0.25, 0.3) is 5.56 Å². The highest BCUT2D eigenvalue weighted by Gasteiger charge is 2.18. The molecule has 3 rings (SSSR count). The summed E-state index contributed by atoms with van der Waals surface area (Å²) in [6.45, 7) is 2.34. The molecule has 0 fully saturated rings. The van der Waals surface area contributed by atoms with Gasteiger partial charge in [-0.25, -0.2) is 0 Å². The second kappa shape index (κ2) is 8.16. The molecule has 1 amide bonds. The highest BCUT2D eigenvalue weighted by molar-refractivity contribution is 8.02. The Kier molecular flexibility index (Phi) is 5.69. The molecule has 0 aliphatic rings. The molecule has 0 saturated heterocycles. The first-order chi connectivity index (χ1) is 13.0. The molecule has 27 heavy (non-hydrogen) atoms. The zero-order valence-corrected chi connectivity index (χ0v) is 15.9. The van der Waals surface area contributed by atoms with Gasteiger partial charge in [-0.1, -0.05) is 12.1 Å². The quantitative estimate of drug-likeness (QED) is 0.546. The van der Waals surface area contributed by atoms with E-state index in [0.717, 1.165) is 17.4 Å². The summed E-state index contributed by atoms with van der Waals surface area (Å²) >= 11 is 2.33. The molecule has 0 aliphatic carbocycles. The van der Waals surface area contributed by atoms with Gasteiger partial charge in [0.2, 0.25) is 5.91 Å². The number of nitrogens with zero attached hydrogens (tertiary/aromatic N) is 1. The lowest BCUT2D eigenvalue weighted by Gasteiger charge is -2.10. The molecule has 0 radical (unpaired) electrons. The first-order valence-corrected chi connectivity index (χ1v) is 9.77. The molecular weight excluding hydrogens is 386 g/mol. The van der Waals surface area contributed by atoms with Crippen LogP contribution in [0.5, 0.6) is 11.5 Å². The Morgan fingerprint density at radius 3 is 2.96 bits per heavy atom. The molecule has 3 N–H and O–H groups in total. The van der Waals surface area contributed by atoms with Crippen molar-refractivity contribution in [1.29, 1.82) is 5.26 Å². The second-order valence-electron chi connectivity index (χ2n) is 5.37. The molecule has 1 aromatic carbocycles. The number of H-pyrrole nitrogens is 1. The molecule has 0 atom stereocenters. The van der Waals surface area contributed by atoms with Crippen molar-refractivity contribution in [2.45, 2.75) is 11.1 Å². The topological polar surface area (TPSA) is 115 Å². The van der Waals surface area contributed by atoms with Gasteiger partial charge < -0.3 is 20.1 Å². The Bertz CT molecular complexity index is 1100. The number of ether oxygens (including phenoxy) is 1. The molecule has 0 aliphatic heterocycles. The summed E-state index contributed by atoms with van der Waals surface area (Å²) < 4.78 is 6.44. The van der Waals surface area contributed by atoms with E-state index in [1.165, 1.54) is 11.8 Å². The first-order valence-electron chi connectivity index (χ1n) is 7.96. The van der Waals surface area contributed by atoms with E-state index >= 15 is 0 Å². The molecular formula is C18H15N3O4S2. The van der Waals surface area contributed by atoms with Crippen molar-refractivity contribution in [3.63, 3.8) is 0 Å². The van der Waals surface area contributed by atoms with Crippen molar-refractivity contribution in [3.8, 4) is 17.6 Å². The summed E-state index contributed by atoms with van der Waals surface area (Å²) in [5.41, 5.74) is 0.618. The minimum atomic E-state index is -0.490. The first kappa shape index (κ1) is 18.8. The summed E-state index contributed by atoms with van der Waals surface area (Å²) in [7, 11) is 0. The standard InChI is InChI=1S/C18H15N3O4S2/c1-2-25-13-6-4-3-5-11(13)20-15(24)9-26-18-10(8-19)16-17(27-18)12(22)7-14(23)21-16/h3-7H,2,9H2,1H3,(H,20,24)(H2,21,22,23). The molecule has 0 unspecified atom stereocenters. The predicted molar refractivity (Wildman–Crippen MR) is 106 cm³/mol. The van der Waals surface area contributed by atoms with Crippen LogP contribution in [0.1, 0.15) is 12.5 Å². The molecule has 7 nitrogen and oxygen atoms in total. The van der Waals surface area contributed by atoms with E-state index in [1.807, 2.05) is 19.1 Å². The maximum absolute atomic E-state index is 12.3. The van der Waals surface area contributed by atoms with Gasteiger partial charge in [0, 0.05) is 6.07 Å². The summed E-state index contributed by atoms with van der Waals surface area (Å²) in [4.78, 5) is 26.4. The van der Waals surface area contributed by atoms with Crippen LogP contribution in [0.2, 0.25) is 0 Å². The third kappa shape index (κ3) is 4.07. The molecule has 3 aromatic rings. The van der Waals surface area contributed by atoms with Crippen LogP contribution in [-0.4, -0.2) is 28.4 Å². The van der Waals surface area contributed by atoms with Crippen LogP contribution < -0.4 is 15.6 Å². The third-order valence-corrected chi connectivity index (χ3v) is 6.02. The second-order valence-corrected chi connectivity index (χ2v) is 7.63. The lowest BCUT2D eigenvalue weighted by Crippen LogP contribution is -2.14. The van der Waals surface area contributed by atoms with Crippen LogP contribution in [0.4, 0.5) is 5.69 Å². The molecule has 2 heterocycles. The lowest BCUT2D eigenvalue weighted by atomic mass is 10.3. The third-order valence-electron chi connectivity index (χ3n) is 3.53. The highest BCUT2D eigenvalue weighted by Crippen LogP contribution is 2.39. The van der Waals surface area contributed by atoms with Crippen molar-refractivity contribution >= 4 is 44.9 Å². The molecule has 138 valence electrons. The number of amides is 1. The van der Waals surface area contributed by atoms with E-state index in [9.17, 15) is 20.0 Å². The van der Waals surface area contributed by atoms with E-state index in [4.69, 9.17) is 4.74 Å². The number of aromatic amines is 1. The van der Waals surface area contributed by atoms with Crippen LogP contribution in [0.3, 0.4) is 0 Å². The highest BCUT2D eigenvalue weighted by atomic mass is 32.2. The van der Waals surface area contributed by atoms with Crippen LogP contribution >= 0.6 is 23.1 Å². The van der Waals surface area contributed by atoms with Crippen LogP contribution in [0.15, 0.2) is 39.3 Å². The Morgan fingerprint density at radius 1 is 1.44 bits per heavy atom. The van der Waals surface area contributed by atoms with Gasteiger partial charge in [-0.2, -0.15) is 5.26 Å². The zero-order valence-electron chi connectivity index (χ0n) is 14.2. The summed E-state index contributed by atoms with van der Waals surface area (Å²) in [6.07, 6.45) is 0. The number of nitrogens with one attached hydrogen (secondary N) is 2. The minimum absolute atomic E-state index is 0.0625. The van der Waals surface area contributed by atoms with Gasteiger partial charge >= 0.3 is 0 Å². The van der Waals surface area contributed by atoms with Crippen molar-refractivity contribution < 1.29 is 14.6 Å². The molecule has 9 heteroatoms. The Balaban J connectivity index is 1.77. The van der Waals surface area contributed by atoms with Crippen molar-refractivity contribution in [3.05, 3.63) is 46.2 Å². The minimum Gasteiger partial charge on any atom is -0.506 e. The average Bonchev–Trinajstić information content (AvgIpc) is 2.99. The van der Waals surface area contributed by atoms with Crippen LogP contribution in [0, 0.1) is 11.3 Å². The smallest absolute Gasteiger partial charge is 0.252 e. The largest absolute Gasteiger partial charge is 0.506 e. The van der Waals surface area contributed by atoms with Gasteiger partial charge in [-0.05, 0) is 19.1 Å². The van der Waals surface area contributed by atoms with Crippen LogP contribution in [0.25, 0.3) is 10.2 Å². The Morgan fingerprint density at radius 2 is 2.22 bits per heavy atom. The monoisotopic (exact) mass is 401 g/mol. The number of aromatic hydroxyl groups is 1. The number of hydrogen-bond donors (Lipinski definition) is 3. The molecule has 0 saturated carbocycles. The number of anilines is 1. The van der Waals surface area contributed by atoms with E-state index < -0.39 is 5.56 Å². The molecule has 2 aromatic heterocycles. The molecule has 0 bridgehead atoms. The van der Waals surface area contributed by atoms with Gasteiger partial charge in [-0.15, -0.1) is 23.1 Å². The van der Waals surface area contributed by atoms with Crippen LogP contribution in [-0.2, 0) is 4.79 Å². The number of aromatic nitrogens is 1. The fourth-order valence-corrected chi connectivity index (χ4v) is 4.57. The SMILES string of the molecule is CCOc1ccccc1NC(=O)CSc1sc2c(O)cc(=O)[nH]c2c1C#N. The summed E-state index contributed by atoms with van der Waals surface area (Å²) in [5.74, 6) is 0.205. The number of carbonyl (C=O) groups excluding carboxylic acids is 1. The van der Waals surface area contributed by atoms with Gasteiger partial charge in [0.05, 0.1) is 32.5 Å².